The molecule has 1 amide bonds. The lowest BCUT2D eigenvalue weighted by atomic mass is 10.3. The van der Waals surface area contributed by atoms with E-state index in [-0.39, 0.29) is 15.5 Å². The molecule has 0 aliphatic carbocycles. The fourth-order valence-corrected chi connectivity index (χ4v) is 2.94. The smallest absolute Gasteiger partial charge is 0.318 e. The van der Waals surface area contributed by atoms with Crippen LogP contribution in [0.1, 0.15) is 0 Å². The van der Waals surface area contributed by atoms with Crippen molar-refractivity contribution in [2.75, 3.05) is 5.32 Å². The van der Waals surface area contributed by atoms with Gasteiger partial charge in [-0.05, 0) is 36.4 Å². The van der Waals surface area contributed by atoms with Crippen molar-refractivity contribution in [2.45, 2.75) is 16.0 Å². The number of hydrogen-bond acceptors (Lipinski definition) is 3. The Morgan fingerprint density at radius 3 is 1.86 bits per heavy atom. The summed E-state index contributed by atoms with van der Waals surface area (Å²) in [5.41, 5.74) is -0.144. The first-order valence-electron chi connectivity index (χ1n) is 5.99. The minimum Gasteiger partial charge on any atom is -0.318 e. The Labute approximate surface area is 124 Å². The minimum atomic E-state index is -5.01. The zero-order valence-electron chi connectivity index (χ0n) is 11.0. The topological polar surface area (TPSA) is 63.2 Å². The Morgan fingerprint density at radius 2 is 1.36 bits per heavy atom. The van der Waals surface area contributed by atoms with E-state index in [4.69, 9.17) is 0 Å². The van der Waals surface area contributed by atoms with E-state index < -0.39 is 21.9 Å². The second-order valence-electron chi connectivity index (χ2n) is 4.29. The number of carbonyl (C=O) groups excluding carboxylic acids is 1. The summed E-state index contributed by atoms with van der Waals surface area (Å²) in [6.07, 6.45) is -5.01. The number of benzene rings is 2. The van der Waals surface area contributed by atoms with E-state index in [1.54, 1.807) is 23.5 Å². The number of halogens is 3. The van der Waals surface area contributed by atoms with Crippen LogP contribution in [0.5, 0.6) is 0 Å². The minimum absolute atomic E-state index is 0.0714. The zero-order valence-corrected chi connectivity index (χ0v) is 11.8. The second kappa shape index (κ2) is 5.80. The highest BCUT2D eigenvalue weighted by Gasteiger charge is 2.38. The molecule has 0 radical (unpaired) electrons. The van der Waals surface area contributed by atoms with Crippen LogP contribution in [0.3, 0.4) is 0 Å². The molecule has 4 nitrogen and oxygen atoms in total. The molecule has 116 valence electrons. The summed E-state index contributed by atoms with van der Waals surface area (Å²) in [6, 6.07) is 12.1. The predicted molar refractivity (Wildman–Crippen MR) is 73.0 cm³/mol. The molecular formula is C14H10F3NO3S. The zero-order chi connectivity index (χ0) is 16.4. The Kier molecular flexibility index (Phi) is 4.23. The standard InChI is InChI=1S/C14H10F3NO3S/c15-14(16,17)13(19)18-10-6-8-12(9-7-10)22(20,21)11-4-2-1-3-5-11/h1-9H,(H,18,19). The maximum Gasteiger partial charge on any atom is 0.471 e. The first kappa shape index (κ1) is 16.0. The summed E-state index contributed by atoms with van der Waals surface area (Å²) < 4.78 is 60.9. The molecule has 22 heavy (non-hydrogen) atoms. The summed E-state index contributed by atoms with van der Waals surface area (Å²) in [4.78, 5) is 10.8. The largest absolute Gasteiger partial charge is 0.471 e. The van der Waals surface area contributed by atoms with Gasteiger partial charge in [-0.25, -0.2) is 8.42 Å². The fraction of sp³-hybridized carbons (Fsp3) is 0.0714. The van der Waals surface area contributed by atoms with Crippen molar-refractivity contribution in [2.24, 2.45) is 0 Å². The number of anilines is 1. The lowest BCUT2D eigenvalue weighted by Gasteiger charge is -2.09. The lowest BCUT2D eigenvalue weighted by molar-refractivity contribution is -0.167. The quantitative estimate of drug-likeness (QED) is 0.941. The van der Waals surface area contributed by atoms with Gasteiger partial charge < -0.3 is 5.32 Å². The van der Waals surface area contributed by atoms with E-state index in [2.05, 4.69) is 0 Å². The Hall–Kier alpha value is -2.35. The molecule has 0 fully saturated rings. The van der Waals surface area contributed by atoms with Gasteiger partial charge in [0.2, 0.25) is 9.84 Å². The summed E-state index contributed by atoms with van der Waals surface area (Å²) in [5, 5.41) is 1.64. The van der Waals surface area contributed by atoms with Crippen LogP contribution in [0.2, 0.25) is 0 Å². The van der Waals surface area contributed by atoms with Crippen molar-refractivity contribution < 1.29 is 26.4 Å². The van der Waals surface area contributed by atoms with Gasteiger partial charge in [0.05, 0.1) is 9.79 Å². The number of carbonyl (C=O) groups is 1. The number of alkyl halides is 3. The second-order valence-corrected chi connectivity index (χ2v) is 6.24. The molecule has 8 heteroatoms. The first-order valence-corrected chi connectivity index (χ1v) is 7.48. The lowest BCUT2D eigenvalue weighted by Crippen LogP contribution is -2.29. The summed E-state index contributed by atoms with van der Waals surface area (Å²) in [6.45, 7) is 0. The van der Waals surface area contributed by atoms with Gasteiger partial charge in [0, 0.05) is 5.69 Å². The van der Waals surface area contributed by atoms with Crippen LogP contribution in [0.25, 0.3) is 0 Å². The van der Waals surface area contributed by atoms with Gasteiger partial charge in [-0.1, -0.05) is 18.2 Å². The third-order valence-corrected chi connectivity index (χ3v) is 4.52. The third kappa shape index (κ3) is 3.45. The SMILES string of the molecule is O=C(Nc1ccc(S(=O)(=O)c2ccccc2)cc1)C(F)(F)F. The van der Waals surface area contributed by atoms with Crippen LogP contribution in [0.4, 0.5) is 18.9 Å². The Bertz CT molecular complexity index is 769. The van der Waals surface area contributed by atoms with E-state index in [0.29, 0.717) is 0 Å². The molecule has 0 aliphatic rings. The molecule has 2 aromatic rings. The molecule has 0 spiro atoms. The molecule has 1 N–H and O–H groups in total. The van der Waals surface area contributed by atoms with Crippen LogP contribution in [-0.2, 0) is 14.6 Å². The molecule has 0 saturated heterocycles. The molecule has 0 bridgehead atoms. The van der Waals surface area contributed by atoms with Crippen molar-refractivity contribution in [1.29, 1.82) is 0 Å². The average Bonchev–Trinajstić information content (AvgIpc) is 2.48. The van der Waals surface area contributed by atoms with Crippen molar-refractivity contribution in [3.05, 3.63) is 54.6 Å². The van der Waals surface area contributed by atoms with Gasteiger partial charge >= 0.3 is 12.1 Å². The highest BCUT2D eigenvalue weighted by atomic mass is 32.2. The summed E-state index contributed by atoms with van der Waals surface area (Å²) >= 11 is 0. The van der Waals surface area contributed by atoms with Gasteiger partial charge in [0.15, 0.2) is 0 Å². The molecule has 0 saturated carbocycles. The van der Waals surface area contributed by atoms with Crippen LogP contribution in [0.15, 0.2) is 64.4 Å². The van der Waals surface area contributed by atoms with Gasteiger partial charge in [0.1, 0.15) is 0 Å². The number of nitrogens with one attached hydrogen (secondary N) is 1. The monoisotopic (exact) mass is 329 g/mol. The highest BCUT2D eigenvalue weighted by molar-refractivity contribution is 7.91. The molecule has 2 aromatic carbocycles. The number of hydrogen-bond donors (Lipinski definition) is 1. The van der Waals surface area contributed by atoms with E-state index in [1.165, 1.54) is 12.1 Å². The Morgan fingerprint density at radius 1 is 0.864 bits per heavy atom. The van der Waals surface area contributed by atoms with E-state index in [0.717, 1.165) is 24.3 Å². The summed E-state index contributed by atoms with van der Waals surface area (Å²) in [7, 11) is -3.75. The van der Waals surface area contributed by atoms with E-state index >= 15 is 0 Å². The van der Waals surface area contributed by atoms with E-state index in [9.17, 15) is 26.4 Å². The van der Waals surface area contributed by atoms with Crippen LogP contribution < -0.4 is 5.32 Å². The number of amides is 1. The maximum absolute atomic E-state index is 12.3. The van der Waals surface area contributed by atoms with Crippen LogP contribution in [0, 0.1) is 0 Å². The van der Waals surface area contributed by atoms with Crippen LogP contribution in [-0.4, -0.2) is 20.5 Å². The molecule has 0 aliphatic heterocycles. The first-order chi connectivity index (χ1) is 10.2. The predicted octanol–water partition coefficient (Wildman–Crippen LogP) is 3.02. The van der Waals surface area contributed by atoms with Gasteiger partial charge in [-0.3, -0.25) is 4.79 Å². The third-order valence-electron chi connectivity index (χ3n) is 2.73. The van der Waals surface area contributed by atoms with Crippen LogP contribution >= 0.6 is 0 Å². The van der Waals surface area contributed by atoms with Crippen molar-refractivity contribution in [1.82, 2.24) is 0 Å². The maximum atomic E-state index is 12.3. The molecular weight excluding hydrogens is 319 g/mol. The van der Waals surface area contributed by atoms with Gasteiger partial charge in [-0.2, -0.15) is 13.2 Å². The molecule has 0 unspecified atom stereocenters. The van der Waals surface area contributed by atoms with Crippen molar-refractivity contribution in [3.63, 3.8) is 0 Å². The molecule has 0 aromatic heterocycles. The van der Waals surface area contributed by atoms with E-state index in [1.807, 2.05) is 0 Å². The normalized spacial score (nSPS) is 12.0. The Balaban J connectivity index is 2.25. The van der Waals surface area contributed by atoms with Gasteiger partial charge in [-0.15, -0.1) is 0 Å². The highest BCUT2D eigenvalue weighted by Crippen LogP contribution is 2.23. The van der Waals surface area contributed by atoms with Crippen molar-refractivity contribution in [3.8, 4) is 0 Å². The van der Waals surface area contributed by atoms with Crippen molar-refractivity contribution >= 4 is 21.4 Å². The number of sulfone groups is 1. The fourth-order valence-electron chi connectivity index (χ4n) is 1.66. The number of rotatable bonds is 3. The van der Waals surface area contributed by atoms with Gasteiger partial charge in [0.25, 0.3) is 0 Å². The molecule has 0 heterocycles. The molecule has 2 rings (SSSR count). The summed E-state index contributed by atoms with van der Waals surface area (Å²) in [5.74, 6) is -2.12. The average molecular weight is 329 g/mol. The molecule has 0 atom stereocenters.